The number of rotatable bonds is 5. The molecule has 0 aliphatic carbocycles. The van der Waals surface area contributed by atoms with Crippen molar-refractivity contribution in [3.8, 4) is 5.75 Å². The van der Waals surface area contributed by atoms with Crippen molar-refractivity contribution in [2.75, 3.05) is 13.2 Å². The lowest BCUT2D eigenvalue weighted by molar-refractivity contribution is -0.149. The molecule has 4 rings (SSSR count). The Balaban J connectivity index is 1.47. The number of nitrogens with one attached hydrogen (secondary N) is 2. The monoisotopic (exact) mass is 429 g/mol. The highest BCUT2D eigenvalue weighted by Crippen LogP contribution is 2.33. The van der Waals surface area contributed by atoms with Crippen LogP contribution in [0.2, 0.25) is 0 Å². The number of hydrogen-bond acceptors (Lipinski definition) is 5. The summed E-state index contributed by atoms with van der Waals surface area (Å²) < 4.78 is 11.6. The van der Waals surface area contributed by atoms with E-state index in [4.69, 9.17) is 9.47 Å². The third-order valence-corrected chi connectivity index (χ3v) is 6.56. The second-order valence-electron chi connectivity index (χ2n) is 8.56. The van der Waals surface area contributed by atoms with E-state index in [-0.39, 0.29) is 29.7 Å². The van der Waals surface area contributed by atoms with Crippen molar-refractivity contribution in [3.05, 3.63) is 29.8 Å². The summed E-state index contributed by atoms with van der Waals surface area (Å²) in [6.07, 6.45) is 2.52. The molecule has 2 saturated heterocycles. The maximum atomic E-state index is 13.3. The lowest BCUT2D eigenvalue weighted by Crippen LogP contribution is -2.55. The van der Waals surface area contributed by atoms with Gasteiger partial charge in [0.05, 0.1) is 19.3 Å². The summed E-state index contributed by atoms with van der Waals surface area (Å²) in [6, 6.07) is 6.27. The van der Waals surface area contributed by atoms with E-state index >= 15 is 0 Å². The first kappa shape index (κ1) is 21.6. The normalized spacial score (nSPS) is 28.6. The molecule has 3 aliphatic heterocycles. The fourth-order valence-electron chi connectivity index (χ4n) is 4.51. The molecule has 0 radical (unpaired) electrons. The summed E-state index contributed by atoms with van der Waals surface area (Å²) in [6.45, 7) is 4.69. The number of carbonyl (C=O) groups is 3. The Morgan fingerprint density at radius 2 is 1.87 bits per heavy atom. The molecular formula is C23H31N3O5. The van der Waals surface area contributed by atoms with Crippen molar-refractivity contribution < 1.29 is 23.9 Å². The summed E-state index contributed by atoms with van der Waals surface area (Å²) in [5.41, 5.74) is 0.953. The minimum Gasteiger partial charge on any atom is -0.493 e. The molecular weight excluding hydrogens is 398 g/mol. The Kier molecular flexibility index (Phi) is 6.46. The van der Waals surface area contributed by atoms with E-state index in [9.17, 15) is 14.4 Å². The number of hydrogen-bond donors (Lipinski definition) is 2. The fraction of sp³-hybridized carbons (Fsp3) is 0.609. The van der Waals surface area contributed by atoms with Crippen LogP contribution >= 0.6 is 0 Å². The van der Waals surface area contributed by atoms with Crippen LogP contribution in [0, 0.1) is 5.92 Å². The van der Waals surface area contributed by atoms with Crippen molar-refractivity contribution in [1.29, 1.82) is 0 Å². The smallest absolute Gasteiger partial charge is 0.247 e. The van der Waals surface area contributed by atoms with Gasteiger partial charge in [0.1, 0.15) is 24.1 Å². The highest BCUT2D eigenvalue weighted by Gasteiger charge is 2.46. The largest absolute Gasteiger partial charge is 0.493 e. The van der Waals surface area contributed by atoms with Gasteiger partial charge in [-0.1, -0.05) is 32.0 Å². The highest BCUT2D eigenvalue weighted by molar-refractivity contribution is 5.93. The van der Waals surface area contributed by atoms with Crippen LogP contribution in [-0.2, 0) is 19.1 Å². The van der Waals surface area contributed by atoms with Crippen LogP contribution < -0.4 is 15.4 Å². The molecule has 1 aromatic carbocycles. The lowest BCUT2D eigenvalue weighted by Gasteiger charge is -2.32. The average molecular weight is 430 g/mol. The van der Waals surface area contributed by atoms with Crippen LogP contribution in [0.1, 0.15) is 57.6 Å². The second-order valence-corrected chi connectivity index (χ2v) is 8.56. The van der Waals surface area contributed by atoms with Gasteiger partial charge in [-0.15, -0.1) is 0 Å². The number of amides is 3. The van der Waals surface area contributed by atoms with Gasteiger partial charge in [0.2, 0.25) is 17.7 Å². The highest BCUT2D eigenvalue weighted by atomic mass is 16.5. The Bertz CT molecular complexity index is 844. The van der Waals surface area contributed by atoms with Crippen molar-refractivity contribution in [2.24, 2.45) is 5.92 Å². The topological polar surface area (TPSA) is 97.0 Å². The summed E-state index contributed by atoms with van der Waals surface area (Å²) >= 11 is 0. The quantitative estimate of drug-likeness (QED) is 0.745. The number of benzene rings is 1. The van der Waals surface area contributed by atoms with Crippen LogP contribution in [-0.4, -0.2) is 54.1 Å². The van der Waals surface area contributed by atoms with E-state index < -0.39 is 18.3 Å². The molecule has 8 heteroatoms. The van der Waals surface area contributed by atoms with E-state index in [0.29, 0.717) is 45.3 Å². The van der Waals surface area contributed by atoms with E-state index in [0.717, 1.165) is 11.3 Å². The molecule has 0 unspecified atom stereocenters. The number of para-hydroxylation sites is 1. The molecule has 3 aliphatic rings. The first-order chi connectivity index (χ1) is 15.0. The van der Waals surface area contributed by atoms with Crippen LogP contribution in [0.3, 0.4) is 0 Å². The van der Waals surface area contributed by atoms with Crippen LogP contribution in [0.5, 0.6) is 5.75 Å². The van der Waals surface area contributed by atoms with E-state index in [1.807, 2.05) is 38.1 Å². The molecule has 0 bridgehead atoms. The molecule has 2 fully saturated rings. The van der Waals surface area contributed by atoms with Crippen molar-refractivity contribution in [3.63, 3.8) is 0 Å². The van der Waals surface area contributed by atoms with Crippen LogP contribution in [0.25, 0.3) is 0 Å². The number of nitrogens with zero attached hydrogens (tertiary/aromatic N) is 1. The fourth-order valence-corrected chi connectivity index (χ4v) is 4.51. The molecule has 0 aromatic heterocycles. The predicted molar refractivity (Wildman–Crippen MR) is 113 cm³/mol. The first-order valence-corrected chi connectivity index (χ1v) is 11.3. The van der Waals surface area contributed by atoms with Gasteiger partial charge in [0.25, 0.3) is 0 Å². The Morgan fingerprint density at radius 1 is 1.10 bits per heavy atom. The number of fused-ring (bicyclic) bond motifs is 2. The van der Waals surface area contributed by atoms with E-state index in [1.54, 1.807) is 4.90 Å². The minimum atomic E-state index is -0.663. The van der Waals surface area contributed by atoms with E-state index in [2.05, 4.69) is 10.6 Å². The van der Waals surface area contributed by atoms with Gasteiger partial charge in [-0.05, 0) is 25.3 Å². The van der Waals surface area contributed by atoms with Crippen LogP contribution in [0.4, 0.5) is 0 Å². The predicted octanol–water partition coefficient (Wildman–Crippen LogP) is 1.89. The molecule has 31 heavy (non-hydrogen) atoms. The number of carbonyl (C=O) groups excluding carboxylic acids is 3. The number of ether oxygens (including phenoxy) is 2. The molecule has 8 nitrogen and oxygen atoms in total. The van der Waals surface area contributed by atoms with Gasteiger partial charge in [-0.2, -0.15) is 0 Å². The van der Waals surface area contributed by atoms with Gasteiger partial charge in [-0.25, -0.2) is 0 Å². The first-order valence-electron chi connectivity index (χ1n) is 11.3. The second kappa shape index (κ2) is 9.26. The van der Waals surface area contributed by atoms with Crippen LogP contribution in [0.15, 0.2) is 24.3 Å². The molecule has 5 atom stereocenters. The minimum absolute atomic E-state index is 0.140. The van der Waals surface area contributed by atoms with Gasteiger partial charge in [0.15, 0.2) is 0 Å². The Morgan fingerprint density at radius 3 is 2.68 bits per heavy atom. The maximum absolute atomic E-state index is 13.3. The van der Waals surface area contributed by atoms with Crippen molar-refractivity contribution >= 4 is 17.7 Å². The third-order valence-electron chi connectivity index (χ3n) is 6.56. The molecule has 2 N–H and O–H groups in total. The Labute approximate surface area is 182 Å². The molecule has 168 valence electrons. The summed E-state index contributed by atoms with van der Waals surface area (Å²) in [5.74, 6) is 0.0573. The molecule has 3 amide bonds. The molecule has 0 spiro atoms. The van der Waals surface area contributed by atoms with E-state index in [1.165, 1.54) is 0 Å². The van der Waals surface area contributed by atoms with Gasteiger partial charge in [-0.3, -0.25) is 14.4 Å². The zero-order valence-electron chi connectivity index (χ0n) is 18.1. The molecule has 1 aromatic rings. The van der Waals surface area contributed by atoms with Crippen molar-refractivity contribution in [1.82, 2.24) is 15.5 Å². The molecule has 3 heterocycles. The zero-order valence-corrected chi connectivity index (χ0v) is 18.1. The van der Waals surface area contributed by atoms with Crippen molar-refractivity contribution in [2.45, 2.75) is 70.3 Å². The standard InChI is InChI=1S/C23H31N3O5/c1-3-14(2)21(27)25-17-11-13-31-20-9-8-18(26(20)23(17)29)22(28)24-16-10-12-30-19-7-5-4-6-15(16)19/h4-7,14,16-18,20H,3,8-13H2,1-2H3,(H,24,28)(H,25,27)/t14-,16-,17-,18+,20-/m0/s1. The maximum Gasteiger partial charge on any atom is 0.247 e. The molecule has 0 saturated carbocycles. The average Bonchev–Trinajstić information content (AvgIpc) is 3.15. The third kappa shape index (κ3) is 4.39. The summed E-state index contributed by atoms with van der Waals surface area (Å²) in [7, 11) is 0. The Hall–Kier alpha value is -2.61. The SMILES string of the molecule is CC[C@H](C)C(=O)N[C@H]1CCO[C@H]2CC[C@H](C(=O)N[C@H]3CCOc4ccccc43)N2C1=O. The summed E-state index contributed by atoms with van der Waals surface area (Å²) in [4.78, 5) is 40.5. The van der Waals surface area contributed by atoms with Gasteiger partial charge < -0.3 is 25.0 Å². The van der Waals surface area contributed by atoms with Gasteiger partial charge in [0, 0.05) is 24.3 Å². The lowest BCUT2D eigenvalue weighted by atomic mass is 10.00. The zero-order chi connectivity index (χ0) is 22.0. The summed E-state index contributed by atoms with van der Waals surface area (Å²) in [5, 5.41) is 5.99. The van der Waals surface area contributed by atoms with Gasteiger partial charge >= 0.3 is 0 Å².